The number of β-amino-alcohol motifs (C(OH)–C–C–N with tert-alkyl or cyclic N) is 1. The Labute approximate surface area is 70.4 Å². The summed E-state index contributed by atoms with van der Waals surface area (Å²) in [4.78, 5) is 4.10. The fourth-order valence-electron chi connectivity index (χ4n) is 1.57. The lowest BCUT2D eigenvalue weighted by molar-refractivity contribution is 0.173. The molecule has 0 aromatic carbocycles. The van der Waals surface area contributed by atoms with Gasteiger partial charge >= 0.3 is 0 Å². The average molecular weight is 168 g/mol. The van der Waals surface area contributed by atoms with Crippen molar-refractivity contribution in [3.63, 3.8) is 0 Å². The van der Waals surface area contributed by atoms with E-state index in [1.165, 1.54) is 6.33 Å². The maximum atomic E-state index is 9.54. The Kier molecular flexibility index (Phi) is 1.82. The third kappa shape index (κ3) is 1.11. The first-order valence-electron chi connectivity index (χ1n) is 4.01. The number of aliphatic hydroxyl groups is 1. The van der Waals surface area contributed by atoms with Gasteiger partial charge in [0, 0.05) is 20.1 Å². The van der Waals surface area contributed by atoms with E-state index in [4.69, 9.17) is 0 Å². The predicted molar refractivity (Wildman–Crippen MR) is 42.6 cm³/mol. The third-order valence-corrected chi connectivity index (χ3v) is 2.26. The molecular weight excluding hydrogens is 156 g/mol. The largest absolute Gasteiger partial charge is 0.391 e. The van der Waals surface area contributed by atoms with Gasteiger partial charge in [0.1, 0.15) is 12.2 Å². The van der Waals surface area contributed by atoms with Gasteiger partial charge in [0.05, 0.1) is 12.0 Å². The number of aromatic nitrogens is 3. The monoisotopic (exact) mass is 168 g/mol. The maximum Gasteiger partial charge on any atom is 0.138 e. The summed E-state index contributed by atoms with van der Waals surface area (Å²) < 4.78 is 1.71. The molecule has 0 radical (unpaired) electrons. The van der Waals surface area contributed by atoms with Gasteiger partial charge in [-0.3, -0.25) is 4.68 Å². The van der Waals surface area contributed by atoms with Crippen molar-refractivity contribution >= 4 is 0 Å². The second kappa shape index (κ2) is 2.84. The van der Waals surface area contributed by atoms with Crippen LogP contribution in [0.4, 0.5) is 0 Å². The van der Waals surface area contributed by atoms with Crippen LogP contribution in [0.1, 0.15) is 11.7 Å². The zero-order valence-corrected chi connectivity index (χ0v) is 6.94. The zero-order chi connectivity index (χ0) is 8.55. The van der Waals surface area contributed by atoms with Crippen molar-refractivity contribution < 1.29 is 5.11 Å². The molecule has 2 unspecified atom stereocenters. The Morgan fingerprint density at radius 2 is 2.50 bits per heavy atom. The lowest BCUT2D eigenvalue weighted by atomic mass is 10.1. The van der Waals surface area contributed by atoms with Crippen molar-refractivity contribution in [2.45, 2.75) is 12.0 Å². The minimum atomic E-state index is -0.326. The summed E-state index contributed by atoms with van der Waals surface area (Å²) in [6.45, 7) is 1.44. The van der Waals surface area contributed by atoms with Gasteiger partial charge in [0.2, 0.25) is 0 Å². The molecule has 2 atom stereocenters. The van der Waals surface area contributed by atoms with Gasteiger partial charge in [-0.15, -0.1) is 0 Å². The van der Waals surface area contributed by atoms with Crippen LogP contribution in [0.25, 0.3) is 0 Å². The molecule has 0 bridgehead atoms. The maximum absolute atomic E-state index is 9.54. The highest BCUT2D eigenvalue weighted by atomic mass is 16.3. The summed E-state index contributed by atoms with van der Waals surface area (Å²) in [6.07, 6.45) is 1.19. The molecule has 2 heterocycles. The summed E-state index contributed by atoms with van der Waals surface area (Å²) in [5, 5.41) is 16.6. The van der Waals surface area contributed by atoms with E-state index in [1.807, 2.05) is 7.05 Å². The lowest BCUT2D eigenvalue weighted by Crippen LogP contribution is -2.19. The average Bonchev–Trinajstić information content (AvgIpc) is 2.59. The van der Waals surface area contributed by atoms with Gasteiger partial charge in [-0.2, -0.15) is 5.10 Å². The van der Waals surface area contributed by atoms with E-state index in [0.29, 0.717) is 6.54 Å². The molecule has 0 saturated carbocycles. The molecule has 2 rings (SSSR count). The van der Waals surface area contributed by atoms with E-state index in [2.05, 4.69) is 15.4 Å². The van der Waals surface area contributed by atoms with E-state index in [0.717, 1.165) is 12.4 Å². The minimum Gasteiger partial charge on any atom is -0.391 e. The van der Waals surface area contributed by atoms with E-state index in [1.54, 1.807) is 4.68 Å². The fourth-order valence-corrected chi connectivity index (χ4v) is 1.57. The minimum absolute atomic E-state index is 0.0949. The first-order valence-corrected chi connectivity index (χ1v) is 4.01. The van der Waals surface area contributed by atoms with Crippen molar-refractivity contribution in [1.82, 2.24) is 20.1 Å². The predicted octanol–water partition coefficient (Wildman–Crippen LogP) is -1.14. The highest BCUT2D eigenvalue weighted by Crippen LogP contribution is 2.19. The third-order valence-electron chi connectivity index (χ3n) is 2.26. The van der Waals surface area contributed by atoms with Gasteiger partial charge < -0.3 is 10.4 Å². The van der Waals surface area contributed by atoms with Gasteiger partial charge in [-0.1, -0.05) is 0 Å². The highest BCUT2D eigenvalue weighted by Gasteiger charge is 2.29. The Bertz CT molecular complexity index is 272. The fraction of sp³-hybridized carbons (Fsp3) is 0.714. The Morgan fingerprint density at radius 1 is 1.67 bits per heavy atom. The number of hydrogen-bond donors (Lipinski definition) is 2. The van der Waals surface area contributed by atoms with Crippen molar-refractivity contribution in [3.05, 3.63) is 12.2 Å². The Morgan fingerprint density at radius 3 is 3.00 bits per heavy atom. The van der Waals surface area contributed by atoms with Crippen molar-refractivity contribution in [2.24, 2.45) is 7.05 Å². The van der Waals surface area contributed by atoms with Crippen LogP contribution in [0, 0.1) is 0 Å². The van der Waals surface area contributed by atoms with Crippen molar-refractivity contribution in [2.75, 3.05) is 13.1 Å². The molecule has 1 aromatic heterocycles. The number of aliphatic hydroxyl groups excluding tert-OH is 1. The van der Waals surface area contributed by atoms with E-state index in [9.17, 15) is 5.11 Å². The van der Waals surface area contributed by atoms with Gasteiger partial charge in [0.25, 0.3) is 0 Å². The van der Waals surface area contributed by atoms with Crippen LogP contribution in [0.15, 0.2) is 6.33 Å². The van der Waals surface area contributed by atoms with Crippen LogP contribution < -0.4 is 5.32 Å². The molecule has 0 aliphatic carbocycles. The smallest absolute Gasteiger partial charge is 0.138 e. The number of nitrogens with zero attached hydrogens (tertiary/aromatic N) is 3. The molecular formula is C7H12N4O. The van der Waals surface area contributed by atoms with E-state index in [-0.39, 0.29) is 12.0 Å². The van der Waals surface area contributed by atoms with Gasteiger partial charge in [-0.25, -0.2) is 4.98 Å². The summed E-state index contributed by atoms with van der Waals surface area (Å²) in [6, 6.07) is 0. The van der Waals surface area contributed by atoms with E-state index < -0.39 is 0 Å². The summed E-state index contributed by atoms with van der Waals surface area (Å²) in [7, 11) is 1.84. The topological polar surface area (TPSA) is 63.0 Å². The lowest BCUT2D eigenvalue weighted by Gasteiger charge is -2.11. The molecule has 12 heavy (non-hydrogen) atoms. The molecule has 0 spiro atoms. The Hall–Kier alpha value is -0.940. The summed E-state index contributed by atoms with van der Waals surface area (Å²) in [5.74, 6) is 0.949. The molecule has 66 valence electrons. The molecule has 5 heteroatoms. The van der Waals surface area contributed by atoms with Crippen LogP contribution in [0.3, 0.4) is 0 Å². The second-order valence-electron chi connectivity index (χ2n) is 3.07. The molecule has 2 N–H and O–H groups in total. The molecule has 1 aliphatic heterocycles. The quantitative estimate of drug-likeness (QED) is 0.556. The second-order valence-corrected chi connectivity index (χ2v) is 3.07. The molecule has 1 fully saturated rings. The standard InChI is InChI=1S/C7H12N4O/c1-11-7(9-4-10-11)5-2-8-3-6(5)12/h4-6,8,12H,2-3H2,1H3. The normalized spacial score (nSPS) is 29.5. The number of hydrogen-bond acceptors (Lipinski definition) is 4. The molecule has 1 aliphatic rings. The van der Waals surface area contributed by atoms with Crippen LogP contribution >= 0.6 is 0 Å². The summed E-state index contributed by atoms with van der Waals surface area (Å²) in [5.41, 5.74) is 0. The first-order chi connectivity index (χ1) is 5.79. The summed E-state index contributed by atoms with van der Waals surface area (Å²) >= 11 is 0. The van der Waals surface area contributed by atoms with Crippen molar-refractivity contribution in [3.8, 4) is 0 Å². The van der Waals surface area contributed by atoms with Crippen LogP contribution in [0.5, 0.6) is 0 Å². The first kappa shape index (κ1) is 7.70. The van der Waals surface area contributed by atoms with Crippen LogP contribution in [-0.2, 0) is 7.05 Å². The zero-order valence-electron chi connectivity index (χ0n) is 6.94. The van der Waals surface area contributed by atoms with Gasteiger partial charge in [0.15, 0.2) is 0 Å². The number of aryl methyl sites for hydroxylation is 1. The SMILES string of the molecule is Cn1ncnc1C1CNCC1O. The molecule has 1 aromatic rings. The molecule has 0 amide bonds. The molecule has 1 saturated heterocycles. The number of rotatable bonds is 1. The van der Waals surface area contributed by atoms with Crippen LogP contribution in [0.2, 0.25) is 0 Å². The van der Waals surface area contributed by atoms with Gasteiger partial charge in [-0.05, 0) is 0 Å². The molecule has 5 nitrogen and oxygen atoms in total. The number of nitrogens with one attached hydrogen (secondary N) is 1. The highest BCUT2D eigenvalue weighted by molar-refractivity contribution is 5.03. The van der Waals surface area contributed by atoms with E-state index >= 15 is 0 Å². The Balaban J connectivity index is 2.24. The van der Waals surface area contributed by atoms with Crippen molar-refractivity contribution in [1.29, 1.82) is 0 Å². The van der Waals surface area contributed by atoms with Crippen LogP contribution in [-0.4, -0.2) is 39.1 Å².